The van der Waals surface area contributed by atoms with Crippen molar-refractivity contribution in [2.75, 3.05) is 0 Å². The number of carboxylic acid groups (broad SMARTS) is 1. The van der Waals surface area contributed by atoms with Crippen LogP contribution in [0.2, 0.25) is 0 Å². The molecule has 0 spiro atoms. The van der Waals surface area contributed by atoms with Crippen molar-refractivity contribution in [1.82, 2.24) is 19.4 Å². The fourth-order valence-electron chi connectivity index (χ4n) is 4.10. The van der Waals surface area contributed by atoms with Crippen LogP contribution in [0.3, 0.4) is 0 Å². The maximum absolute atomic E-state index is 13.2. The van der Waals surface area contributed by atoms with Crippen LogP contribution in [0.25, 0.3) is 10.8 Å². The highest BCUT2D eigenvalue weighted by Gasteiger charge is 2.69. The van der Waals surface area contributed by atoms with Gasteiger partial charge in [0.05, 0.1) is 4.92 Å². The normalized spacial score (nSPS) is 20.2. The van der Waals surface area contributed by atoms with Gasteiger partial charge >= 0.3 is 18.0 Å². The van der Waals surface area contributed by atoms with Crippen LogP contribution in [0.1, 0.15) is 24.3 Å². The second-order valence-corrected chi connectivity index (χ2v) is 11.6. The van der Waals surface area contributed by atoms with Gasteiger partial charge in [-0.1, -0.05) is 15.9 Å². The Balaban J connectivity index is 1.47. The predicted molar refractivity (Wildman–Crippen MR) is 142 cm³/mol. The number of β-lactam (4-membered cyclic amide) rings is 1. The number of nitro benzene ring substituents is 1. The number of thioether (sulfide) groups is 1. The quantitative estimate of drug-likeness (QED) is 0.123. The van der Waals surface area contributed by atoms with Crippen molar-refractivity contribution < 1.29 is 38.7 Å². The number of esters is 1. The summed E-state index contributed by atoms with van der Waals surface area (Å²) in [5.74, 6) is -2.63. The molecule has 0 bridgehead atoms. The summed E-state index contributed by atoms with van der Waals surface area (Å²) in [6, 6.07) is 5.46. The molecular formula is C23H16BrN5O9S2. The van der Waals surface area contributed by atoms with Gasteiger partial charge in [0, 0.05) is 42.2 Å². The molecule has 0 saturated carbocycles. The number of carboxylic acids is 1. The van der Waals surface area contributed by atoms with Gasteiger partial charge in [-0.2, -0.15) is 0 Å². The molecule has 2 unspecified atom stereocenters. The van der Waals surface area contributed by atoms with E-state index >= 15 is 0 Å². The molecule has 2 aliphatic heterocycles. The zero-order valence-electron chi connectivity index (χ0n) is 20.1. The maximum Gasteiger partial charge on any atom is 0.420 e. The molecule has 3 aromatic rings. The number of aromatic nitrogens is 3. The molecule has 1 saturated heterocycles. The molecule has 4 heterocycles. The highest BCUT2D eigenvalue weighted by Crippen LogP contribution is 2.58. The van der Waals surface area contributed by atoms with E-state index in [4.69, 9.17) is 9.47 Å². The Morgan fingerprint density at radius 2 is 2.02 bits per heavy atom. The van der Waals surface area contributed by atoms with E-state index in [1.54, 1.807) is 5.38 Å². The van der Waals surface area contributed by atoms with Gasteiger partial charge in [-0.15, -0.1) is 23.1 Å². The molecule has 0 aliphatic carbocycles. The Labute approximate surface area is 240 Å². The topological polar surface area (TPSA) is 184 Å². The number of benzene rings is 1. The number of hydrogen-bond donors (Lipinski definition) is 1. The first-order valence-electron chi connectivity index (χ1n) is 11.2. The maximum atomic E-state index is 13.2. The van der Waals surface area contributed by atoms with Crippen molar-refractivity contribution in [2.45, 2.75) is 29.3 Å². The first-order chi connectivity index (χ1) is 19.0. The number of alkyl halides is 1. The van der Waals surface area contributed by atoms with Crippen LogP contribution in [-0.4, -0.2) is 63.1 Å². The molecular weight excluding hydrogens is 634 g/mol. The lowest BCUT2D eigenvalue weighted by atomic mass is 9.89. The number of hydrogen-bond acceptors (Lipinski definition) is 12. The average Bonchev–Trinajstić information content (AvgIpc) is 3.68. The third-order valence-corrected chi connectivity index (χ3v) is 9.38. The number of amides is 1. The average molecular weight is 650 g/mol. The van der Waals surface area contributed by atoms with Crippen LogP contribution in [0.4, 0.5) is 10.5 Å². The summed E-state index contributed by atoms with van der Waals surface area (Å²) in [5, 5.41) is 22.9. The van der Waals surface area contributed by atoms with Gasteiger partial charge in [-0.25, -0.2) is 24.1 Å². The second kappa shape index (κ2) is 10.5. The number of nitro groups is 1. The largest absolute Gasteiger partial charge is 0.477 e. The van der Waals surface area contributed by atoms with E-state index in [9.17, 15) is 34.4 Å². The summed E-state index contributed by atoms with van der Waals surface area (Å²) in [6.07, 6.45) is 0.527. The van der Waals surface area contributed by atoms with Crippen LogP contribution in [0.5, 0.6) is 0 Å². The molecule has 3 atom stereocenters. The standard InChI is InChI=1S/C23H16BrN5O9S2/c1-11(30)38-16(23(24)20(33)28-15(19(31)32)10-40-21(23)28)14-8-27(17(26-14)18-25-6-7-39-18)22(34)37-9-12-2-4-13(5-3-12)29(35)36/h2-8,10,16,21H,9H2,1H3,(H,31,32)/t16?,21-,23?/m1/s1. The number of ether oxygens (including phenoxy) is 2. The smallest absolute Gasteiger partial charge is 0.420 e. The van der Waals surface area contributed by atoms with Crippen LogP contribution in [0.15, 0.2) is 53.1 Å². The van der Waals surface area contributed by atoms with E-state index in [2.05, 4.69) is 25.9 Å². The minimum Gasteiger partial charge on any atom is -0.477 e. The highest BCUT2D eigenvalue weighted by molar-refractivity contribution is 9.10. The number of imidazole rings is 1. The summed E-state index contributed by atoms with van der Waals surface area (Å²) >= 11 is 5.64. The molecule has 1 fully saturated rings. The highest BCUT2D eigenvalue weighted by atomic mass is 79.9. The van der Waals surface area contributed by atoms with E-state index in [-0.39, 0.29) is 29.5 Å². The lowest BCUT2D eigenvalue weighted by molar-refractivity contribution is -0.384. The Morgan fingerprint density at radius 1 is 1.30 bits per heavy atom. The van der Waals surface area contributed by atoms with Crippen LogP contribution in [-0.2, 0) is 30.5 Å². The second-order valence-electron chi connectivity index (χ2n) is 8.40. The van der Waals surface area contributed by atoms with E-state index in [0.29, 0.717) is 10.6 Å². The van der Waals surface area contributed by atoms with E-state index in [1.165, 1.54) is 53.4 Å². The third kappa shape index (κ3) is 4.65. The van der Waals surface area contributed by atoms with Gasteiger partial charge in [0.15, 0.2) is 21.3 Å². The fraction of sp³-hybridized carbons (Fsp3) is 0.217. The SMILES string of the molecule is CC(=O)OC(c1cn(C(=O)OCc2ccc([N+](=O)[O-])cc2)c(-c2nccs2)n1)C1(Br)C(=O)N2C(C(=O)O)=CS[C@@H]21. The molecule has 1 aromatic carbocycles. The number of carbonyl (C=O) groups excluding carboxylic acids is 3. The lowest BCUT2D eigenvalue weighted by Gasteiger charge is -2.51. The van der Waals surface area contributed by atoms with Crippen molar-refractivity contribution in [3.8, 4) is 10.8 Å². The van der Waals surface area contributed by atoms with Crippen molar-refractivity contribution in [1.29, 1.82) is 0 Å². The number of fused-ring (bicyclic) bond motifs is 1. The molecule has 14 nitrogen and oxygen atoms in total. The minimum absolute atomic E-state index is 0.0157. The first kappa shape index (κ1) is 27.5. The first-order valence-corrected chi connectivity index (χ1v) is 13.8. The Morgan fingerprint density at radius 3 is 2.62 bits per heavy atom. The predicted octanol–water partition coefficient (Wildman–Crippen LogP) is 3.68. The molecule has 2 aromatic heterocycles. The third-order valence-electron chi connectivity index (χ3n) is 5.92. The van der Waals surface area contributed by atoms with Crippen LogP contribution in [0, 0.1) is 10.1 Å². The van der Waals surface area contributed by atoms with Crippen molar-refractivity contribution in [3.05, 3.63) is 74.5 Å². The monoisotopic (exact) mass is 649 g/mol. The zero-order chi connectivity index (χ0) is 28.8. The summed E-state index contributed by atoms with van der Waals surface area (Å²) in [5.41, 5.74) is 0.186. The van der Waals surface area contributed by atoms with E-state index in [1.807, 2.05) is 0 Å². The molecule has 1 N–H and O–H groups in total. The molecule has 40 heavy (non-hydrogen) atoms. The molecule has 1 amide bonds. The fourth-order valence-corrected chi connectivity index (χ4v) is 6.99. The van der Waals surface area contributed by atoms with Crippen LogP contribution < -0.4 is 0 Å². The summed E-state index contributed by atoms with van der Waals surface area (Å²) < 4.78 is 10.4. The molecule has 0 radical (unpaired) electrons. The van der Waals surface area contributed by atoms with Gasteiger partial charge in [-0.3, -0.25) is 24.6 Å². The molecule has 2 aliphatic rings. The molecule has 5 rings (SSSR count). The van der Waals surface area contributed by atoms with Gasteiger partial charge in [0.1, 0.15) is 23.4 Å². The summed E-state index contributed by atoms with van der Waals surface area (Å²) in [7, 11) is 0. The van der Waals surface area contributed by atoms with E-state index < -0.39 is 44.7 Å². The van der Waals surface area contributed by atoms with Gasteiger partial charge < -0.3 is 14.6 Å². The molecule has 206 valence electrons. The number of non-ortho nitro benzene ring substituents is 1. The van der Waals surface area contributed by atoms with E-state index in [0.717, 1.165) is 28.2 Å². The van der Waals surface area contributed by atoms with Gasteiger partial charge in [0.25, 0.3) is 11.6 Å². The van der Waals surface area contributed by atoms with Crippen LogP contribution >= 0.6 is 39.0 Å². The number of carbonyl (C=O) groups is 4. The number of halogens is 1. The number of nitrogens with zero attached hydrogens (tertiary/aromatic N) is 5. The van der Waals surface area contributed by atoms with Crippen molar-refractivity contribution in [2.24, 2.45) is 0 Å². The summed E-state index contributed by atoms with van der Waals surface area (Å²) in [4.78, 5) is 70.1. The number of thiazole rings is 1. The van der Waals surface area contributed by atoms with Crippen molar-refractivity contribution >= 4 is 68.7 Å². The van der Waals surface area contributed by atoms with Crippen molar-refractivity contribution in [3.63, 3.8) is 0 Å². The Kier molecular flexibility index (Phi) is 7.19. The zero-order valence-corrected chi connectivity index (χ0v) is 23.3. The molecule has 17 heteroatoms. The van der Waals surface area contributed by atoms with Gasteiger partial charge in [-0.05, 0) is 17.7 Å². The van der Waals surface area contributed by atoms with Gasteiger partial charge in [0.2, 0.25) is 0 Å². The minimum atomic E-state index is -1.58. The Bertz CT molecular complexity index is 1570. The Hall–Kier alpha value is -4.09. The number of rotatable bonds is 8. The lowest BCUT2D eigenvalue weighted by Crippen LogP contribution is -2.70. The number of aliphatic carboxylic acids is 1. The summed E-state index contributed by atoms with van der Waals surface area (Å²) in [6.45, 7) is 0.928.